The summed E-state index contributed by atoms with van der Waals surface area (Å²) in [5.41, 5.74) is 4.94. The Morgan fingerprint density at radius 3 is 2.63 bits per heavy atom. The van der Waals surface area contributed by atoms with E-state index in [1.165, 1.54) is 17.5 Å². The first-order valence-corrected chi connectivity index (χ1v) is 9.20. The van der Waals surface area contributed by atoms with Crippen molar-refractivity contribution < 1.29 is 19.4 Å². The molecular formula is C21H24N2O4. The van der Waals surface area contributed by atoms with Crippen molar-refractivity contribution in [1.29, 1.82) is 0 Å². The van der Waals surface area contributed by atoms with Crippen LogP contribution in [0.15, 0.2) is 30.3 Å². The second-order valence-electron chi connectivity index (χ2n) is 7.03. The number of hydrogen-bond acceptors (Lipinski definition) is 4. The number of aliphatic hydroxyl groups excluding tert-OH is 1. The second-order valence-corrected chi connectivity index (χ2v) is 7.03. The highest BCUT2D eigenvalue weighted by molar-refractivity contribution is 5.89. The van der Waals surface area contributed by atoms with Crippen molar-refractivity contribution in [1.82, 2.24) is 4.90 Å². The minimum Gasteiger partial charge on any atom is -0.496 e. The monoisotopic (exact) mass is 368 g/mol. The Morgan fingerprint density at radius 1 is 1.11 bits per heavy atom. The zero-order valence-corrected chi connectivity index (χ0v) is 15.6. The van der Waals surface area contributed by atoms with E-state index in [1.54, 1.807) is 31.3 Å². The maximum Gasteiger partial charge on any atom is 0.322 e. The number of nitrogens with one attached hydrogen (secondary N) is 1. The normalized spacial score (nSPS) is 17.9. The second kappa shape index (κ2) is 7.12. The lowest BCUT2D eigenvalue weighted by Gasteiger charge is -2.34. The van der Waals surface area contributed by atoms with Crippen LogP contribution in [-0.2, 0) is 19.4 Å². The highest BCUT2D eigenvalue weighted by atomic mass is 16.5. The van der Waals surface area contributed by atoms with E-state index < -0.39 is 6.10 Å². The number of aliphatic hydroxyl groups is 1. The first-order chi connectivity index (χ1) is 13.1. The molecule has 4 rings (SSSR count). The maximum atomic E-state index is 12.8. The molecule has 0 unspecified atom stereocenters. The highest BCUT2D eigenvalue weighted by Gasteiger charge is 2.32. The zero-order chi connectivity index (χ0) is 19.0. The van der Waals surface area contributed by atoms with E-state index in [0.717, 1.165) is 24.1 Å². The molecule has 1 atom stereocenters. The van der Waals surface area contributed by atoms with Crippen molar-refractivity contribution in [3.8, 4) is 11.5 Å². The van der Waals surface area contributed by atoms with Gasteiger partial charge in [-0.05, 0) is 54.7 Å². The summed E-state index contributed by atoms with van der Waals surface area (Å²) in [5, 5.41) is 13.6. The van der Waals surface area contributed by atoms with Gasteiger partial charge in [0.05, 0.1) is 27.3 Å². The van der Waals surface area contributed by atoms with Crippen LogP contribution < -0.4 is 14.8 Å². The third kappa shape index (κ3) is 3.21. The van der Waals surface area contributed by atoms with E-state index >= 15 is 0 Å². The Hall–Kier alpha value is -2.73. The fraction of sp³-hybridized carbons (Fsp3) is 0.381. The van der Waals surface area contributed by atoms with Crippen molar-refractivity contribution in [2.24, 2.45) is 0 Å². The molecule has 2 aromatic rings. The van der Waals surface area contributed by atoms with Gasteiger partial charge in [-0.25, -0.2) is 4.79 Å². The summed E-state index contributed by atoms with van der Waals surface area (Å²) in [4.78, 5) is 14.4. The van der Waals surface area contributed by atoms with E-state index in [2.05, 4.69) is 17.4 Å². The molecule has 0 bridgehead atoms. The molecule has 0 radical (unpaired) electrons. The number of urea groups is 1. The number of fused-ring (bicyclic) bond motifs is 2. The van der Waals surface area contributed by atoms with Crippen molar-refractivity contribution in [2.75, 3.05) is 26.1 Å². The number of hydrogen-bond donors (Lipinski definition) is 2. The summed E-state index contributed by atoms with van der Waals surface area (Å²) in [6.45, 7) is 0.552. The molecule has 1 aliphatic heterocycles. The van der Waals surface area contributed by atoms with Crippen molar-refractivity contribution >= 4 is 11.7 Å². The van der Waals surface area contributed by atoms with Gasteiger partial charge < -0.3 is 24.8 Å². The van der Waals surface area contributed by atoms with E-state index in [0.29, 0.717) is 23.6 Å². The van der Waals surface area contributed by atoms with Crippen molar-refractivity contribution in [3.63, 3.8) is 0 Å². The molecule has 27 heavy (non-hydrogen) atoms. The van der Waals surface area contributed by atoms with Crippen LogP contribution in [0.1, 0.15) is 34.8 Å². The lowest BCUT2D eigenvalue weighted by Crippen LogP contribution is -2.41. The molecule has 0 aromatic heterocycles. The lowest BCUT2D eigenvalue weighted by atomic mass is 9.95. The third-order valence-corrected chi connectivity index (χ3v) is 5.43. The summed E-state index contributed by atoms with van der Waals surface area (Å²) >= 11 is 0. The van der Waals surface area contributed by atoms with Gasteiger partial charge in [0.15, 0.2) is 0 Å². The highest BCUT2D eigenvalue weighted by Crippen LogP contribution is 2.39. The number of anilines is 1. The first-order valence-electron chi connectivity index (χ1n) is 9.20. The molecule has 2 aromatic carbocycles. The molecule has 6 nitrogen and oxygen atoms in total. The molecule has 1 aliphatic carbocycles. The Bertz CT molecular complexity index is 881. The largest absolute Gasteiger partial charge is 0.496 e. The summed E-state index contributed by atoms with van der Waals surface area (Å²) < 4.78 is 10.8. The van der Waals surface area contributed by atoms with Crippen molar-refractivity contribution in [2.45, 2.75) is 31.9 Å². The summed E-state index contributed by atoms with van der Waals surface area (Å²) in [7, 11) is 3.15. The molecule has 2 N–H and O–H groups in total. The Labute approximate surface area is 158 Å². The van der Waals surface area contributed by atoms with E-state index in [1.807, 2.05) is 6.07 Å². The van der Waals surface area contributed by atoms with Crippen LogP contribution in [0.2, 0.25) is 0 Å². The summed E-state index contributed by atoms with van der Waals surface area (Å²) in [6.07, 6.45) is 2.51. The number of carbonyl (C=O) groups excluding carboxylic acids is 1. The molecule has 2 amide bonds. The number of nitrogens with zero attached hydrogens (tertiary/aromatic N) is 1. The van der Waals surface area contributed by atoms with Gasteiger partial charge in [0.2, 0.25) is 0 Å². The molecule has 2 aliphatic rings. The van der Waals surface area contributed by atoms with Crippen LogP contribution in [0.25, 0.3) is 0 Å². The number of benzene rings is 2. The van der Waals surface area contributed by atoms with Gasteiger partial charge in [-0.2, -0.15) is 0 Å². The van der Waals surface area contributed by atoms with Crippen LogP contribution in [0, 0.1) is 0 Å². The average Bonchev–Trinajstić information content (AvgIpc) is 3.14. The quantitative estimate of drug-likeness (QED) is 0.872. The Kier molecular flexibility index (Phi) is 4.66. The van der Waals surface area contributed by atoms with Crippen LogP contribution >= 0.6 is 0 Å². The molecule has 1 heterocycles. The SMILES string of the molecule is COc1ccc(OC)c2c1CN(C(=O)Nc1ccc3c(c1)CCC3)C[C@@H]2O. The van der Waals surface area contributed by atoms with Gasteiger partial charge >= 0.3 is 6.03 Å². The number of rotatable bonds is 3. The molecule has 0 fully saturated rings. The van der Waals surface area contributed by atoms with Crippen LogP contribution in [0.3, 0.4) is 0 Å². The van der Waals surface area contributed by atoms with E-state index in [9.17, 15) is 9.90 Å². The number of β-amino-alcohol motifs (C(OH)–C–C–N with tert-alkyl or cyclic N) is 1. The first kappa shape index (κ1) is 17.7. The summed E-state index contributed by atoms with van der Waals surface area (Å²) in [5.74, 6) is 1.25. The number of carbonyl (C=O) groups is 1. The molecule has 0 spiro atoms. The van der Waals surface area contributed by atoms with E-state index in [-0.39, 0.29) is 12.6 Å². The standard InChI is InChI=1S/C21H24N2O4/c1-26-18-8-9-19(27-2)20-16(18)11-23(12-17(20)24)21(25)22-15-7-6-13-4-3-5-14(13)10-15/h6-10,17,24H,3-5,11-12H2,1-2H3,(H,22,25)/t17-/m0/s1. The van der Waals surface area contributed by atoms with Gasteiger partial charge in [-0.3, -0.25) is 0 Å². The average molecular weight is 368 g/mol. The minimum absolute atomic E-state index is 0.202. The van der Waals surface area contributed by atoms with Gasteiger partial charge in [-0.15, -0.1) is 0 Å². The number of ether oxygens (including phenoxy) is 2. The molecule has 0 saturated heterocycles. The smallest absolute Gasteiger partial charge is 0.322 e. The number of methoxy groups -OCH3 is 2. The zero-order valence-electron chi connectivity index (χ0n) is 15.6. The number of aryl methyl sites for hydroxylation is 2. The Balaban J connectivity index is 1.56. The van der Waals surface area contributed by atoms with Gasteiger partial charge in [0, 0.05) is 16.8 Å². The topological polar surface area (TPSA) is 71.0 Å². The fourth-order valence-corrected chi connectivity index (χ4v) is 4.08. The van der Waals surface area contributed by atoms with Gasteiger partial charge in [0.25, 0.3) is 0 Å². The molecular weight excluding hydrogens is 344 g/mol. The molecule has 142 valence electrons. The summed E-state index contributed by atoms with van der Waals surface area (Å²) in [6, 6.07) is 9.43. The van der Waals surface area contributed by atoms with E-state index in [4.69, 9.17) is 9.47 Å². The predicted octanol–water partition coefficient (Wildman–Crippen LogP) is 3.27. The predicted molar refractivity (Wildman–Crippen MR) is 102 cm³/mol. The Morgan fingerprint density at radius 2 is 1.85 bits per heavy atom. The van der Waals surface area contributed by atoms with Crippen LogP contribution in [-0.4, -0.2) is 36.8 Å². The maximum absolute atomic E-state index is 12.8. The van der Waals surface area contributed by atoms with Crippen LogP contribution in [0.4, 0.5) is 10.5 Å². The van der Waals surface area contributed by atoms with Crippen LogP contribution in [0.5, 0.6) is 11.5 Å². The third-order valence-electron chi connectivity index (χ3n) is 5.43. The lowest BCUT2D eigenvalue weighted by molar-refractivity contribution is 0.105. The van der Waals surface area contributed by atoms with Gasteiger partial charge in [0.1, 0.15) is 17.6 Å². The fourth-order valence-electron chi connectivity index (χ4n) is 4.08. The number of amides is 2. The molecule has 6 heteroatoms. The minimum atomic E-state index is -0.829. The van der Waals surface area contributed by atoms with Crippen molar-refractivity contribution in [3.05, 3.63) is 52.6 Å². The van der Waals surface area contributed by atoms with Gasteiger partial charge in [-0.1, -0.05) is 6.07 Å². The molecule has 0 saturated carbocycles.